The molecular formula is C23H37N3O4. The first kappa shape index (κ1) is 25.5. The van der Waals surface area contributed by atoms with Crippen LogP contribution in [-0.4, -0.2) is 47.5 Å². The predicted molar refractivity (Wildman–Crippen MR) is 118 cm³/mol. The van der Waals surface area contributed by atoms with Gasteiger partial charge in [-0.1, -0.05) is 37.6 Å². The monoisotopic (exact) mass is 419 g/mol. The predicted octanol–water partition coefficient (Wildman–Crippen LogP) is 3.71. The van der Waals surface area contributed by atoms with Gasteiger partial charge in [0.25, 0.3) is 0 Å². The number of carbonyl (C=O) groups excluding carboxylic acids is 3. The Morgan fingerprint density at radius 3 is 2.23 bits per heavy atom. The summed E-state index contributed by atoms with van der Waals surface area (Å²) < 4.78 is 5.23. The van der Waals surface area contributed by atoms with Crippen molar-refractivity contribution in [3.63, 3.8) is 0 Å². The fraction of sp³-hybridized carbons (Fsp3) is 0.609. The van der Waals surface area contributed by atoms with E-state index in [1.165, 1.54) is 4.90 Å². The number of likely N-dealkylation sites (N-methyl/N-ethyl adjacent to an activating group) is 1. The van der Waals surface area contributed by atoms with Gasteiger partial charge in [0.15, 0.2) is 0 Å². The fourth-order valence-corrected chi connectivity index (χ4v) is 3.23. The van der Waals surface area contributed by atoms with E-state index >= 15 is 0 Å². The lowest BCUT2D eigenvalue weighted by atomic mass is 9.98. The quantitative estimate of drug-likeness (QED) is 0.672. The van der Waals surface area contributed by atoms with Crippen LogP contribution in [0.1, 0.15) is 71.6 Å². The Morgan fingerprint density at radius 1 is 1.10 bits per heavy atom. The van der Waals surface area contributed by atoms with Crippen LogP contribution in [-0.2, 0) is 14.3 Å². The molecule has 0 aliphatic heterocycles. The van der Waals surface area contributed by atoms with Gasteiger partial charge >= 0.3 is 6.09 Å². The highest BCUT2D eigenvalue weighted by molar-refractivity contribution is 5.92. The number of hydrogen-bond acceptors (Lipinski definition) is 4. The van der Waals surface area contributed by atoms with E-state index in [4.69, 9.17) is 4.74 Å². The van der Waals surface area contributed by atoms with Crippen LogP contribution in [0.4, 0.5) is 4.79 Å². The molecule has 1 rings (SSSR count). The third kappa shape index (κ3) is 7.69. The van der Waals surface area contributed by atoms with E-state index in [-0.39, 0.29) is 17.9 Å². The Kier molecular flexibility index (Phi) is 9.33. The lowest BCUT2D eigenvalue weighted by Gasteiger charge is -2.32. The summed E-state index contributed by atoms with van der Waals surface area (Å²) in [6.45, 7) is 12.7. The molecule has 0 saturated carbocycles. The summed E-state index contributed by atoms with van der Waals surface area (Å²) >= 11 is 0. The Bertz CT molecular complexity index is 742. The fourth-order valence-electron chi connectivity index (χ4n) is 3.23. The van der Waals surface area contributed by atoms with E-state index in [1.807, 2.05) is 38.1 Å². The average molecular weight is 420 g/mol. The number of rotatable bonds is 8. The Labute approximate surface area is 180 Å². The zero-order valence-corrected chi connectivity index (χ0v) is 19.5. The van der Waals surface area contributed by atoms with Crippen LogP contribution in [0.15, 0.2) is 24.3 Å². The number of nitrogens with zero attached hydrogens (tertiary/aromatic N) is 1. The number of alkyl carbamates (subject to hydrolysis) is 1. The summed E-state index contributed by atoms with van der Waals surface area (Å²) in [5.41, 5.74) is 0.991. The van der Waals surface area contributed by atoms with Crippen molar-refractivity contribution in [2.45, 2.75) is 85.0 Å². The number of hydrogen-bond donors (Lipinski definition) is 2. The molecule has 3 unspecified atom stereocenters. The second kappa shape index (κ2) is 11.0. The maximum atomic E-state index is 13.1. The maximum absolute atomic E-state index is 13.1. The molecule has 0 aliphatic carbocycles. The third-order valence-electron chi connectivity index (χ3n) is 4.68. The van der Waals surface area contributed by atoms with Gasteiger partial charge in [0, 0.05) is 13.1 Å². The molecule has 0 heterocycles. The van der Waals surface area contributed by atoms with Crippen molar-refractivity contribution in [1.82, 2.24) is 15.5 Å². The van der Waals surface area contributed by atoms with Crippen LogP contribution >= 0.6 is 0 Å². The van der Waals surface area contributed by atoms with Gasteiger partial charge in [-0.2, -0.15) is 0 Å². The van der Waals surface area contributed by atoms with Gasteiger partial charge in [-0.25, -0.2) is 4.79 Å². The molecule has 2 N–H and O–H groups in total. The molecule has 1 aromatic carbocycles. The van der Waals surface area contributed by atoms with Gasteiger partial charge < -0.3 is 20.3 Å². The molecule has 7 heteroatoms. The highest BCUT2D eigenvalue weighted by Gasteiger charge is 2.33. The van der Waals surface area contributed by atoms with Crippen molar-refractivity contribution in [3.8, 4) is 0 Å². The number of benzene rings is 1. The van der Waals surface area contributed by atoms with Crippen molar-refractivity contribution in [3.05, 3.63) is 35.4 Å². The highest BCUT2D eigenvalue weighted by Crippen LogP contribution is 2.24. The Hall–Kier alpha value is -2.57. The molecule has 7 nitrogen and oxygen atoms in total. The number of nitrogens with one attached hydrogen (secondary N) is 2. The highest BCUT2D eigenvalue weighted by atomic mass is 16.6. The first-order valence-electron chi connectivity index (χ1n) is 10.5. The number of aryl methyl sites for hydroxylation is 1. The molecule has 3 atom stereocenters. The molecule has 0 radical (unpaired) electrons. The summed E-state index contributed by atoms with van der Waals surface area (Å²) in [5, 5.41) is 5.56. The van der Waals surface area contributed by atoms with Crippen LogP contribution in [0.2, 0.25) is 0 Å². The van der Waals surface area contributed by atoms with Crippen molar-refractivity contribution >= 4 is 17.9 Å². The van der Waals surface area contributed by atoms with Crippen LogP contribution in [0.25, 0.3) is 0 Å². The maximum Gasteiger partial charge on any atom is 0.408 e. The smallest absolute Gasteiger partial charge is 0.408 e. The van der Waals surface area contributed by atoms with Crippen LogP contribution in [0.5, 0.6) is 0 Å². The van der Waals surface area contributed by atoms with E-state index in [0.717, 1.165) is 24.0 Å². The molecule has 30 heavy (non-hydrogen) atoms. The number of ether oxygens (including phenoxy) is 1. The van der Waals surface area contributed by atoms with Gasteiger partial charge in [-0.3, -0.25) is 9.59 Å². The molecule has 0 bridgehead atoms. The summed E-state index contributed by atoms with van der Waals surface area (Å²) in [4.78, 5) is 39.6. The summed E-state index contributed by atoms with van der Waals surface area (Å²) in [6, 6.07) is 5.83. The minimum absolute atomic E-state index is 0.00478. The van der Waals surface area contributed by atoms with Crippen LogP contribution in [0, 0.1) is 6.92 Å². The van der Waals surface area contributed by atoms with Gasteiger partial charge in [-0.15, -0.1) is 0 Å². The van der Waals surface area contributed by atoms with Crippen molar-refractivity contribution in [2.75, 3.05) is 7.05 Å². The van der Waals surface area contributed by atoms with Crippen LogP contribution in [0.3, 0.4) is 0 Å². The van der Waals surface area contributed by atoms with Crippen molar-refractivity contribution < 1.29 is 19.1 Å². The largest absolute Gasteiger partial charge is 0.444 e. The average Bonchev–Trinajstić information content (AvgIpc) is 2.61. The summed E-state index contributed by atoms with van der Waals surface area (Å²) in [7, 11) is 1.58. The molecule has 0 aromatic heterocycles. The van der Waals surface area contributed by atoms with Gasteiger partial charge in [-0.05, 0) is 59.1 Å². The van der Waals surface area contributed by atoms with Crippen molar-refractivity contribution in [2.24, 2.45) is 0 Å². The minimum Gasteiger partial charge on any atom is -0.444 e. The minimum atomic E-state index is -0.850. The SMILES string of the molecule is CCCC(C)NC(=O)C(c1ccccc1C)N(C)C(=O)C(C)NC(=O)OC(C)(C)C. The normalized spacial score (nSPS) is 14.3. The third-order valence-corrected chi connectivity index (χ3v) is 4.68. The van der Waals surface area contributed by atoms with E-state index in [2.05, 4.69) is 17.6 Å². The molecule has 1 aromatic rings. The molecular weight excluding hydrogens is 382 g/mol. The zero-order chi connectivity index (χ0) is 23.1. The Morgan fingerprint density at radius 2 is 1.70 bits per heavy atom. The van der Waals surface area contributed by atoms with Gasteiger partial charge in [0.05, 0.1) is 0 Å². The summed E-state index contributed by atoms with van der Waals surface area (Å²) in [6.07, 6.45) is 1.12. The first-order chi connectivity index (χ1) is 13.9. The molecule has 0 aliphatic rings. The zero-order valence-electron chi connectivity index (χ0n) is 19.5. The first-order valence-corrected chi connectivity index (χ1v) is 10.5. The van der Waals surface area contributed by atoms with Gasteiger partial charge in [0.2, 0.25) is 11.8 Å². The molecule has 0 spiro atoms. The van der Waals surface area contributed by atoms with E-state index < -0.39 is 23.8 Å². The van der Waals surface area contributed by atoms with Gasteiger partial charge in [0.1, 0.15) is 17.7 Å². The molecule has 3 amide bonds. The van der Waals surface area contributed by atoms with E-state index in [9.17, 15) is 14.4 Å². The molecule has 0 fully saturated rings. The standard InChI is InChI=1S/C23H37N3O4/c1-9-12-16(3)24-20(27)19(18-14-11-10-13-15(18)2)26(8)21(28)17(4)25-22(29)30-23(5,6)7/h10-11,13-14,16-17,19H,9,12H2,1-8H3,(H,24,27)(H,25,29). The van der Waals surface area contributed by atoms with E-state index in [1.54, 1.807) is 34.7 Å². The van der Waals surface area contributed by atoms with E-state index in [0.29, 0.717) is 0 Å². The molecule has 0 saturated heterocycles. The Balaban J connectivity index is 3.08. The number of carbonyl (C=O) groups is 3. The van der Waals surface area contributed by atoms with Crippen LogP contribution < -0.4 is 10.6 Å². The number of amides is 3. The molecule has 168 valence electrons. The lowest BCUT2D eigenvalue weighted by molar-refractivity contribution is -0.140. The topological polar surface area (TPSA) is 87.7 Å². The summed E-state index contributed by atoms with van der Waals surface area (Å²) in [5.74, 6) is -0.627. The second-order valence-electron chi connectivity index (χ2n) is 8.77. The lowest BCUT2D eigenvalue weighted by Crippen LogP contribution is -2.51. The van der Waals surface area contributed by atoms with Crippen molar-refractivity contribution in [1.29, 1.82) is 0 Å². The second-order valence-corrected chi connectivity index (χ2v) is 8.77.